The highest BCUT2D eigenvalue weighted by atomic mass is 32.2. The molecule has 0 saturated carbocycles. The van der Waals surface area contributed by atoms with E-state index < -0.39 is 10.0 Å². The highest BCUT2D eigenvalue weighted by molar-refractivity contribution is 7.91. The van der Waals surface area contributed by atoms with Gasteiger partial charge in [0, 0.05) is 37.3 Å². The van der Waals surface area contributed by atoms with E-state index in [0.29, 0.717) is 36.2 Å². The first-order valence-corrected chi connectivity index (χ1v) is 11.1. The van der Waals surface area contributed by atoms with Gasteiger partial charge in [0.25, 0.3) is 10.0 Å². The molecule has 0 bridgehead atoms. The molecular weight excluding hydrogens is 396 g/mol. The van der Waals surface area contributed by atoms with Crippen molar-refractivity contribution in [1.29, 1.82) is 0 Å². The first-order valence-electron chi connectivity index (χ1n) is 8.85. The number of aryl methyl sites for hydroxylation is 1. The average Bonchev–Trinajstić information content (AvgIpc) is 3.17. The number of sulfonamides is 1. The summed E-state index contributed by atoms with van der Waals surface area (Å²) in [5.41, 5.74) is 0.840. The lowest BCUT2D eigenvalue weighted by Gasteiger charge is -2.34. The van der Waals surface area contributed by atoms with Crippen molar-refractivity contribution in [3.05, 3.63) is 53.7 Å². The number of hydrogen-bond acceptors (Lipinski definition) is 8. The van der Waals surface area contributed by atoms with E-state index in [2.05, 4.69) is 20.5 Å². The Hall–Kier alpha value is -2.56. The van der Waals surface area contributed by atoms with Gasteiger partial charge < -0.3 is 10.2 Å². The van der Waals surface area contributed by atoms with Crippen LogP contribution in [0.3, 0.4) is 0 Å². The fourth-order valence-electron chi connectivity index (χ4n) is 2.98. The van der Waals surface area contributed by atoms with Crippen molar-refractivity contribution in [3.8, 4) is 0 Å². The van der Waals surface area contributed by atoms with E-state index in [1.807, 2.05) is 42.2 Å². The Morgan fingerprint density at radius 1 is 1.04 bits per heavy atom. The molecule has 0 aromatic carbocycles. The minimum atomic E-state index is -3.41. The van der Waals surface area contributed by atoms with Gasteiger partial charge in [-0.05, 0) is 43.3 Å². The molecule has 0 aliphatic carbocycles. The smallest absolute Gasteiger partial charge is 0.252 e. The van der Waals surface area contributed by atoms with E-state index >= 15 is 0 Å². The Morgan fingerprint density at radius 3 is 2.46 bits per heavy atom. The zero-order chi connectivity index (χ0) is 19.6. The molecule has 28 heavy (non-hydrogen) atoms. The molecule has 0 unspecified atom stereocenters. The molecule has 8 nitrogen and oxygen atoms in total. The molecule has 1 fully saturated rings. The molecule has 146 valence electrons. The monoisotopic (exact) mass is 416 g/mol. The minimum Gasteiger partial charge on any atom is -0.352 e. The van der Waals surface area contributed by atoms with Gasteiger partial charge in [0.15, 0.2) is 11.6 Å². The number of rotatable bonds is 5. The normalized spacial score (nSPS) is 15.5. The van der Waals surface area contributed by atoms with Gasteiger partial charge in [-0.3, -0.25) is 4.98 Å². The van der Waals surface area contributed by atoms with Crippen molar-refractivity contribution in [1.82, 2.24) is 19.5 Å². The number of thiophene rings is 1. The number of nitrogens with zero attached hydrogens (tertiary/aromatic N) is 5. The molecule has 3 aromatic rings. The molecule has 0 atom stereocenters. The van der Waals surface area contributed by atoms with Crippen LogP contribution in [0.25, 0.3) is 0 Å². The van der Waals surface area contributed by atoms with Crippen molar-refractivity contribution in [2.75, 3.05) is 36.4 Å². The number of aromatic nitrogens is 3. The van der Waals surface area contributed by atoms with Crippen molar-refractivity contribution in [2.24, 2.45) is 0 Å². The summed E-state index contributed by atoms with van der Waals surface area (Å²) in [6.07, 6.45) is 3.42. The zero-order valence-corrected chi connectivity index (χ0v) is 16.9. The number of anilines is 3. The quantitative estimate of drug-likeness (QED) is 0.683. The van der Waals surface area contributed by atoms with E-state index in [9.17, 15) is 8.42 Å². The van der Waals surface area contributed by atoms with Gasteiger partial charge in [-0.1, -0.05) is 0 Å². The lowest BCUT2D eigenvalue weighted by molar-refractivity contribution is 0.384. The molecule has 1 saturated heterocycles. The highest BCUT2D eigenvalue weighted by Gasteiger charge is 2.30. The average molecular weight is 417 g/mol. The largest absolute Gasteiger partial charge is 0.352 e. The molecule has 10 heteroatoms. The Labute approximate surface area is 167 Å². The summed E-state index contributed by atoms with van der Waals surface area (Å²) in [6, 6.07) is 11.0. The van der Waals surface area contributed by atoms with Gasteiger partial charge >= 0.3 is 0 Å². The Kier molecular flexibility index (Phi) is 5.25. The van der Waals surface area contributed by atoms with E-state index in [0.717, 1.165) is 16.4 Å². The van der Waals surface area contributed by atoms with Gasteiger partial charge in [0.05, 0.1) is 11.9 Å². The SMILES string of the molecule is Cc1ccc(S(=O)(=O)N2CCN(c3ccc(Nc4cccnc4)nn3)CC2)s1. The second kappa shape index (κ2) is 7.82. The molecular formula is C18H20N6O2S2. The summed E-state index contributed by atoms with van der Waals surface area (Å²) in [5.74, 6) is 1.37. The number of nitrogens with one attached hydrogen (secondary N) is 1. The van der Waals surface area contributed by atoms with E-state index in [1.54, 1.807) is 22.8 Å². The van der Waals surface area contributed by atoms with Gasteiger partial charge in [0.2, 0.25) is 0 Å². The van der Waals surface area contributed by atoms with Crippen molar-refractivity contribution >= 4 is 38.7 Å². The molecule has 0 amide bonds. The second-order valence-electron chi connectivity index (χ2n) is 6.40. The maximum absolute atomic E-state index is 12.7. The predicted molar refractivity (Wildman–Crippen MR) is 110 cm³/mol. The number of hydrogen-bond donors (Lipinski definition) is 1. The van der Waals surface area contributed by atoms with Crippen LogP contribution in [0.2, 0.25) is 0 Å². The van der Waals surface area contributed by atoms with Crippen LogP contribution in [0.4, 0.5) is 17.3 Å². The second-order valence-corrected chi connectivity index (χ2v) is 9.85. The van der Waals surface area contributed by atoms with Crippen LogP contribution < -0.4 is 10.2 Å². The third-order valence-corrected chi connectivity index (χ3v) is 7.82. The summed E-state index contributed by atoms with van der Waals surface area (Å²) in [5, 5.41) is 11.6. The van der Waals surface area contributed by atoms with Crippen LogP contribution >= 0.6 is 11.3 Å². The number of piperazine rings is 1. The summed E-state index contributed by atoms with van der Waals surface area (Å²) in [7, 11) is -3.41. The van der Waals surface area contributed by atoms with E-state index in [-0.39, 0.29) is 0 Å². The maximum atomic E-state index is 12.7. The molecule has 1 aliphatic heterocycles. The molecule has 3 aromatic heterocycles. The zero-order valence-electron chi connectivity index (χ0n) is 15.3. The fourth-order valence-corrected chi connectivity index (χ4v) is 5.84. The fraction of sp³-hybridized carbons (Fsp3) is 0.278. The lowest BCUT2D eigenvalue weighted by atomic mass is 10.3. The minimum absolute atomic E-state index is 0.407. The number of pyridine rings is 1. The van der Waals surface area contributed by atoms with Crippen LogP contribution in [0.15, 0.2) is 53.0 Å². The third kappa shape index (κ3) is 3.98. The third-order valence-electron chi connectivity index (χ3n) is 4.46. The summed E-state index contributed by atoms with van der Waals surface area (Å²) >= 11 is 1.31. The summed E-state index contributed by atoms with van der Waals surface area (Å²) in [6.45, 7) is 3.92. The van der Waals surface area contributed by atoms with E-state index in [1.165, 1.54) is 11.3 Å². The van der Waals surface area contributed by atoms with Crippen LogP contribution in [-0.4, -0.2) is 54.1 Å². The Morgan fingerprint density at radius 2 is 1.86 bits per heavy atom. The van der Waals surface area contributed by atoms with Crippen LogP contribution in [0, 0.1) is 6.92 Å². The molecule has 4 rings (SSSR count). The Bertz CT molecular complexity index is 1030. The summed E-state index contributed by atoms with van der Waals surface area (Å²) < 4.78 is 27.4. The molecule has 1 N–H and O–H groups in total. The molecule has 4 heterocycles. The van der Waals surface area contributed by atoms with Gasteiger partial charge in [-0.15, -0.1) is 21.5 Å². The van der Waals surface area contributed by atoms with Gasteiger partial charge in [0.1, 0.15) is 4.21 Å². The standard InChI is InChI=1S/C18H20N6O2S2/c1-14-4-7-18(27-14)28(25,26)24-11-9-23(10-12-24)17-6-5-16(21-22-17)20-15-3-2-8-19-13-15/h2-8,13H,9-12H2,1H3,(H,20,21). The maximum Gasteiger partial charge on any atom is 0.252 e. The topological polar surface area (TPSA) is 91.3 Å². The molecule has 0 radical (unpaired) electrons. The molecule has 0 spiro atoms. The van der Waals surface area contributed by atoms with Crippen LogP contribution in [-0.2, 0) is 10.0 Å². The first-order chi connectivity index (χ1) is 13.5. The van der Waals surface area contributed by atoms with Gasteiger partial charge in [-0.25, -0.2) is 8.42 Å². The molecule has 1 aliphatic rings. The van der Waals surface area contributed by atoms with E-state index in [4.69, 9.17) is 0 Å². The van der Waals surface area contributed by atoms with Crippen LogP contribution in [0.5, 0.6) is 0 Å². The van der Waals surface area contributed by atoms with Gasteiger partial charge in [-0.2, -0.15) is 4.31 Å². The lowest BCUT2D eigenvalue weighted by Crippen LogP contribution is -2.48. The summed E-state index contributed by atoms with van der Waals surface area (Å²) in [4.78, 5) is 7.09. The van der Waals surface area contributed by atoms with Crippen LogP contribution in [0.1, 0.15) is 4.88 Å². The van der Waals surface area contributed by atoms with Crippen molar-refractivity contribution in [3.63, 3.8) is 0 Å². The van der Waals surface area contributed by atoms with Crippen molar-refractivity contribution in [2.45, 2.75) is 11.1 Å². The highest BCUT2D eigenvalue weighted by Crippen LogP contribution is 2.26. The first kappa shape index (κ1) is 18.8. The Balaban J connectivity index is 1.38. The predicted octanol–water partition coefficient (Wildman–Crippen LogP) is 2.50. The van der Waals surface area contributed by atoms with Crippen molar-refractivity contribution < 1.29 is 8.42 Å².